The van der Waals surface area contributed by atoms with Crippen molar-refractivity contribution in [1.82, 2.24) is 4.90 Å². The first kappa shape index (κ1) is 16.2. The van der Waals surface area contributed by atoms with Gasteiger partial charge in [-0.25, -0.2) is 0 Å². The molecule has 4 nitrogen and oxygen atoms in total. The zero-order chi connectivity index (χ0) is 17.1. The summed E-state index contributed by atoms with van der Waals surface area (Å²) in [5.74, 6) is 0.251. The SMILES string of the molecule is CC(=O)c1ccc2c(c1)CCN(C(=O)Cc1ccccc1O)CC2. The van der Waals surface area contributed by atoms with Crippen LogP contribution in [-0.2, 0) is 24.1 Å². The quantitative estimate of drug-likeness (QED) is 0.884. The highest BCUT2D eigenvalue weighted by Gasteiger charge is 2.20. The number of ketones is 1. The van der Waals surface area contributed by atoms with Gasteiger partial charge in [-0.1, -0.05) is 30.3 Å². The molecule has 1 aliphatic heterocycles. The molecule has 0 fully saturated rings. The van der Waals surface area contributed by atoms with E-state index >= 15 is 0 Å². The molecule has 1 heterocycles. The lowest BCUT2D eigenvalue weighted by atomic mass is 9.99. The van der Waals surface area contributed by atoms with Crippen LogP contribution in [0.15, 0.2) is 42.5 Å². The maximum Gasteiger partial charge on any atom is 0.227 e. The fourth-order valence-corrected chi connectivity index (χ4v) is 3.13. The second-order valence-electron chi connectivity index (χ2n) is 6.23. The molecule has 0 spiro atoms. The van der Waals surface area contributed by atoms with Crippen molar-refractivity contribution in [1.29, 1.82) is 0 Å². The van der Waals surface area contributed by atoms with Crippen LogP contribution in [0.5, 0.6) is 5.75 Å². The van der Waals surface area contributed by atoms with Crippen LogP contribution in [0.3, 0.4) is 0 Å². The van der Waals surface area contributed by atoms with E-state index in [1.54, 1.807) is 25.1 Å². The van der Waals surface area contributed by atoms with Crippen molar-refractivity contribution in [3.63, 3.8) is 0 Å². The highest BCUT2D eigenvalue weighted by Crippen LogP contribution is 2.21. The van der Waals surface area contributed by atoms with Gasteiger partial charge < -0.3 is 10.0 Å². The minimum atomic E-state index is 0.0242. The van der Waals surface area contributed by atoms with E-state index in [-0.39, 0.29) is 23.9 Å². The molecule has 0 radical (unpaired) electrons. The summed E-state index contributed by atoms with van der Waals surface area (Å²) < 4.78 is 0. The number of fused-ring (bicyclic) bond motifs is 1. The Bertz CT molecular complexity index is 782. The Morgan fingerprint density at radius 3 is 2.46 bits per heavy atom. The fourth-order valence-electron chi connectivity index (χ4n) is 3.13. The van der Waals surface area contributed by atoms with E-state index in [9.17, 15) is 14.7 Å². The molecule has 1 aliphatic rings. The lowest BCUT2D eigenvalue weighted by molar-refractivity contribution is -0.130. The number of amides is 1. The summed E-state index contributed by atoms with van der Waals surface area (Å²) in [5, 5.41) is 9.84. The molecular formula is C20H21NO3. The number of carbonyl (C=O) groups is 2. The van der Waals surface area contributed by atoms with Gasteiger partial charge in [0.25, 0.3) is 0 Å². The molecule has 0 saturated heterocycles. The van der Waals surface area contributed by atoms with Crippen molar-refractivity contribution in [3.8, 4) is 5.75 Å². The van der Waals surface area contributed by atoms with Crippen LogP contribution in [0.1, 0.15) is 34.0 Å². The Kier molecular flexibility index (Phi) is 4.65. The van der Waals surface area contributed by atoms with Crippen LogP contribution in [-0.4, -0.2) is 34.8 Å². The highest BCUT2D eigenvalue weighted by molar-refractivity contribution is 5.94. The predicted molar refractivity (Wildman–Crippen MR) is 92.2 cm³/mol. The topological polar surface area (TPSA) is 57.6 Å². The number of para-hydroxylation sites is 1. The number of phenolic OH excluding ortho intramolecular Hbond substituents is 1. The second kappa shape index (κ2) is 6.87. The first-order valence-corrected chi connectivity index (χ1v) is 8.22. The number of rotatable bonds is 3. The number of hydrogen-bond donors (Lipinski definition) is 1. The summed E-state index contributed by atoms with van der Waals surface area (Å²) in [6.07, 6.45) is 1.75. The van der Waals surface area contributed by atoms with Crippen molar-refractivity contribution >= 4 is 11.7 Å². The summed E-state index contributed by atoms with van der Waals surface area (Å²) in [7, 11) is 0. The lowest BCUT2D eigenvalue weighted by Gasteiger charge is -2.20. The van der Waals surface area contributed by atoms with Gasteiger partial charge in [-0.15, -0.1) is 0 Å². The van der Waals surface area contributed by atoms with E-state index in [2.05, 4.69) is 0 Å². The highest BCUT2D eigenvalue weighted by atomic mass is 16.3. The smallest absolute Gasteiger partial charge is 0.227 e. The third kappa shape index (κ3) is 3.48. The predicted octanol–water partition coefficient (Wildman–Crippen LogP) is 2.76. The van der Waals surface area contributed by atoms with Gasteiger partial charge in [0.05, 0.1) is 6.42 Å². The number of aromatic hydroxyl groups is 1. The van der Waals surface area contributed by atoms with E-state index in [1.165, 1.54) is 5.56 Å². The summed E-state index contributed by atoms with van der Waals surface area (Å²) in [5.41, 5.74) is 3.74. The summed E-state index contributed by atoms with van der Waals surface area (Å²) in [6.45, 7) is 2.88. The summed E-state index contributed by atoms with van der Waals surface area (Å²) in [6, 6.07) is 12.8. The van der Waals surface area contributed by atoms with Gasteiger partial charge in [0, 0.05) is 24.2 Å². The number of carbonyl (C=O) groups excluding carboxylic acids is 2. The Balaban J connectivity index is 1.71. The van der Waals surface area contributed by atoms with Gasteiger partial charge in [-0.05, 0) is 43.0 Å². The standard InChI is InChI=1S/C20H21NO3/c1-14(22)16-7-6-15-8-10-21(11-9-17(15)12-16)20(24)13-18-4-2-3-5-19(18)23/h2-7,12,23H,8-11,13H2,1H3. The molecule has 0 bridgehead atoms. The molecule has 0 saturated carbocycles. The Labute approximate surface area is 141 Å². The molecule has 1 amide bonds. The number of phenols is 1. The maximum absolute atomic E-state index is 12.6. The Morgan fingerprint density at radius 1 is 1.04 bits per heavy atom. The van der Waals surface area contributed by atoms with Gasteiger partial charge in [0.1, 0.15) is 5.75 Å². The molecule has 3 rings (SSSR count). The van der Waals surface area contributed by atoms with Crippen molar-refractivity contribution in [2.75, 3.05) is 13.1 Å². The van der Waals surface area contributed by atoms with Gasteiger partial charge in [-0.2, -0.15) is 0 Å². The van der Waals surface area contributed by atoms with Gasteiger partial charge in [0.2, 0.25) is 5.91 Å². The third-order valence-corrected chi connectivity index (χ3v) is 4.60. The molecule has 2 aromatic carbocycles. The summed E-state index contributed by atoms with van der Waals surface area (Å²) in [4.78, 5) is 25.9. The van der Waals surface area contributed by atoms with E-state index in [4.69, 9.17) is 0 Å². The second-order valence-corrected chi connectivity index (χ2v) is 6.23. The maximum atomic E-state index is 12.6. The zero-order valence-corrected chi connectivity index (χ0v) is 13.8. The van der Waals surface area contributed by atoms with E-state index in [0.29, 0.717) is 18.7 Å². The molecule has 0 aromatic heterocycles. The van der Waals surface area contributed by atoms with Crippen molar-refractivity contribution in [3.05, 3.63) is 64.7 Å². The largest absolute Gasteiger partial charge is 0.508 e. The molecule has 0 aliphatic carbocycles. The number of nitrogens with zero attached hydrogens (tertiary/aromatic N) is 1. The Hall–Kier alpha value is -2.62. The first-order chi connectivity index (χ1) is 11.5. The molecular weight excluding hydrogens is 302 g/mol. The molecule has 0 atom stereocenters. The molecule has 2 aromatic rings. The average Bonchev–Trinajstić information content (AvgIpc) is 2.78. The molecule has 1 N–H and O–H groups in total. The Morgan fingerprint density at radius 2 is 1.75 bits per heavy atom. The fraction of sp³-hybridized carbons (Fsp3) is 0.300. The number of Topliss-reactive ketones (excluding diaryl/α,β-unsaturated/α-hetero) is 1. The van der Waals surface area contributed by atoms with Crippen molar-refractivity contribution in [2.24, 2.45) is 0 Å². The summed E-state index contributed by atoms with van der Waals surface area (Å²) >= 11 is 0. The zero-order valence-electron chi connectivity index (χ0n) is 13.8. The molecule has 24 heavy (non-hydrogen) atoms. The molecule has 124 valence electrons. The lowest BCUT2D eigenvalue weighted by Crippen LogP contribution is -2.34. The van der Waals surface area contributed by atoms with Gasteiger partial charge in [-0.3, -0.25) is 9.59 Å². The van der Waals surface area contributed by atoms with Gasteiger partial charge in [0.15, 0.2) is 5.78 Å². The normalized spacial score (nSPS) is 14.0. The minimum absolute atomic E-state index is 0.0242. The number of benzene rings is 2. The van der Waals surface area contributed by atoms with Crippen LogP contribution < -0.4 is 0 Å². The van der Waals surface area contributed by atoms with Crippen molar-refractivity contribution < 1.29 is 14.7 Å². The third-order valence-electron chi connectivity index (χ3n) is 4.60. The first-order valence-electron chi connectivity index (χ1n) is 8.22. The van der Waals surface area contributed by atoms with E-state index < -0.39 is 0 Å². The van der Waals surface area contributed by atoms with Crippen LogP contribution in [0.2, 0.25) is 0 Å². The molecule has 4 heteroatoms. The minimum Gasteiger partial charge on any atom is -0.508 e. The van der Waals surface area contributed by atoms with Gasteiger partial charge >= 0.3 is 0 Å². The average molecular weight is 323 g/mol. The van der Waals surface area contributed by atoms with Crippen LogP contribution >= 0.6 is 0 Å². The van der Waals surface area contributed by atoms with Crippen LogP contribution in [0.25, 0.3) is 0 Å². The van der Waals surface area contributed by atoms with Crippen LogP contribution in [0, 0.1) is 0 Å². The number of hydrogen-bond acceptors (Lipinski definition) is 3. The van der Waals surface area contributed by atoms with E-state index in [1.807, 2.05) is 29.2 Å². The van der Waals surface area contributed by atoms with E-state index in [0.717, 1.165) is 24.0 Å². The molecule has 0 unspecified atom stereocenters. The van der Waals surface area contributed by atoms with Crippen molar-refractivity contribution in [2.45, 2.75) is 26.2 Å². The monoisotopic (exact) mass is 323 g/mol. The van der Waals surface area contributed by atoms with Crippen LogP contribution in [0.4, 0.5) is 0 Å².